The maximum absolute atomic E-state index is 9.58. The minimum Gasteiger partial charge on any atom is -0.508 e. The Balaban J connectivity index is 1.80. The highest BCUT2D eigenvalue weighted by atomic mass is 79.9. The van der Waals surface area contributed by atoms with Crippen LogP contribution in [0.2, 0.25) is 0 Å². The maximum atomic E-state index is 9.58. The molecule has 0 spiro atoms. The molecule has 0 bridgehead atoms. The molecule has 20 heavy (non-hydrogen) atoms. The smallest absolute Gasteiger partial charge is 0.115 e. The van der Waals surface area contributed by atoms with Gasteiger partial charge in [-0.15, -0.1) is 0 Å². The fourth-order valence-corrected chi connectivity index (χ4v) is 2.74. The molecule has 0 saturated carbocycles. The van der Waals surface area contributed by atoms with Gasteiger partial charge in [-0.05, 0) is 39.7 Å². The fraction of sp³-hybridized carbons (Fsp3) is 0.267. The van der Waals surface area contributed by atoms with Crippen molar-refractivity contribution in [1.82, 2.24) is 4.98 Å². The van der Waals surface area contributed by atoms with Crippen LogP contribution in [-0.2, 0) is 4.74 Å². The highest BCUT2D eigenvalue weighted by Crippen LogP contribution is 2.28. The van der Waals surface area contributed by atoms with Crippen LogP contribution in [0, 0.1) is 0 Å². The zero-order valence-corrected chi connectivity index (χ0v) is 12.5. The minimum atomic E-state index is -0.0326. The Bertz CT molecular complexity index is 554. The number of aromatic nitrogens is 1. The zero-order valence-electron chi connectivity index (χ0n) is 10.9. The molecule has 104 valence electrons. The predicted octanol–water partition coefficient (Wildman–Crippen LogP) is 3.13. The number of phenolic OH excluding ortho intramolecular Hbond substituents is 1. The third-order valence-electron chi connectivity index (χ3n) is 3.36. The molecule has 1 saturated heterocycles. The summed E-state index contributed by atoms with van der Waals surface area (Å²) in [5.41, 5.74) is 2.07. The molecule has 0 radical (unpaired) electrons. The van der Waals surface area contributed by atoms with Crippen molar-refractivity contribution in [3.8, 4) is 5.75 Å². The lowest BCUT2D eigenvalue weighted by Crippen LogP contribution is -2.38. The largest absolute Gasteiger partial charge is 0.508 e. The number of benzene rings is 1. The quantitative estimate of drug-likeness (QED) is 0.916. The molecule has 1 N–H and O–H groups in total. The first-order valence-corrected chi connectivity index (χ1v) is 7.28. The van der Waals surface area contributed by atoms with Gasteiger partial charge in [0.25, 0.3) is 0 Å². The number of hydrogen-bond acceptors (Lipinski definition) is 4. The Morgan fingerprint density at radius 1 is 1.30 bits per heavy atom. The van der Waals surface area contributed by atoms with Gasteiger partial charge in [0.2, 0.25) is 0 Å². The van der Waals surface area contributed by atoms with E-state index in [4.69, 9.17) is 4.74 Å². The molecule has 0 aliphatic carbocycles. The summed E-state index contributed by atoms with van der Waals surface area (Å²) in [6, 6.07) is 9.30. The number of morpholine rings is 1. The topological polar surface area (TPSA) is 45.6 Å². The van der Waals surface area contributed by atoms with Gasteiger partial charge in [-0.3, -0.25) is 4.98 Å². The summed E-state index contributed by atoms with van der Waals surface area (Å²) in [7, 11) is 0. The summed E-state index contributed by atoms with van der Waals surface area (Å²) >= 11 is 3.44. The molecule has 0 unspecified atom stereocenters. The molecular weight excluding hydrogens is 320 g/mol. The van der Waals surface area contributed by atoms with Gasteiger partial charge in [-0.25, -0.2) is 0 Å². The summed E-state index contributed by atoms with van der Waals surface area (Å²) in [6.45, 7) is 2.25. The number of aromatic hydroxyl groups is 1. The van der Waals surface area contributed by atoms with Crippen LogP contribution < -0.4 is 4.90 Å². The molecule has 3 rings (SSSR count). The molecule has 1 aliphatic rings. The van der Waals surface area contributed by atoms with Gasteiger partial charge in [0.1, 0.15) is 11.9 Å². The molecular formula is C15H15BrN2O2. The number of anilines is 1. The van der Waals surface area contributed by atoms with Gasteiger partial charge in [-0.2, -0.15) is 0 Å². The van der Waals surface area contributed by atoms with E-state index in [1.807, 2.05) is 18.3 Å². The van der Waals surface area contributed by atoms with E-state index in [9.17, 15) is 5.11 Å². The van der Waals surface area contributed by atoms with Crippen molar-refractivity contribution in [2.45, 2.75) is 6.10 Å². The zero-order chi connectivity index (χ0) is 13.9. The van der Waals surface area contributed by atoms with Crippen molar-refractivity contribution in [3.05, 3.63) is 52.8 Å². The predicted molar refractivity (Wildman–Crippen MR) is 80.9 cm³/mol. The molecule has 2 aromatic rings. The molecule has 5 heteroatoms. The van der Waals surface area contributed by atoms with Crippen LogP contribution in [0.15, 0.2) is 47.2 Å². The molecule has 1 aromatic carbocycles. The molecule has 1 aromatic heterocycles. The Morgan fingerprint density at radius 2 is 2.20 bits per heavy atom. The van der Waals surface area contributed by atoms with Gasteiger partial charge in [0, 0.05) is 23.8 Å². The normalized spacial score (nSPS) is 19.1. The number of halogens is 1. The molecule has 1 fully saturated rings. The Hall–Kier alpha value is -1.59. The average Bonchev–Trinajstić information content (AvgIpc) is 2.47. The minimum absolute atomic E-state index is 0.0326. The van der Waals surface area contributed by atoms with E-state index in [0.29, 0.717) is 6.61 Å². The highest BCUT2D eigenvalue weighted by molar-refractivity contribution is 9.10. The van der Waals surface area contributed by atoms with E-state index in [1.165, 1.54) is 0 Å². The van der Waals surface area contributed by atoms with Gasteiger partial charge in [0.05, 0.1) is 18.5 Å². The maximum Gasteiger partial charge on any atom is 0.115 e. The summed E-state index contributed by atoms with van der Waals surface area (Å²) < 4.78 is 6.78. The number of hydrogen-bond donors (Lipinski definition) is 1. The summed E-state index contributed by atoms with van der Waals surface area (Å²) in [4.78, 5) is 6.45. The third kappa shape index (κ3) is 2.94. The highest BCUT2D eigenvalue weighted by Gasteiger charge is 2.22. The summed E-state index contributed by atoms with van der Waals surface area (Å²) in [6.07, 6.45) is 3.60. The third-order valence-corrected chi connectivity index (χ3v) is 3.80. The van der Waals surface area contributed by atoms with E-state index in [0.717, 1.165) is 28.8 Å². The summed E-state index contributed by atoms with van der Waals surface area (Å²) in [5.74, 6) is 0.271. The number of pyridine rings is 1. The van der Waals surface area contributed by atoms with Gasteiger partial charge in [0.15, 0.2) is 0 Å². The second-order valence-electron chi connectivity index (χ2n) is 4.76. The Morgan fingerprint density at radius 3 is 3.00 bits per heavy atom. The van der Waals surface area contributed by atoms with Gasteiger partial charge < -0.3 is 14.7 Å². The Kier molecular flexibility index (Phi) is 3.89. The first-order valence-electron chi connectivity index (χ1n) is 6.48. The standard InChI is InChI=1S/C15H15BrN2O2/c16-12-7-13(9-17-8-12)18-4-5-20-15(10-18)11-2-1-3-14(19)6-11/h1-3,6-9,15,19H,4-5,10H2/t15-/m0/s1. The first kappa shape index (κ1) is 13.4. The van der Waals surface area contributed by atoms with Crippen LogP contribution in [0.1, 0.15) is 11.7 Å². The van der Waals surface area contributed by atoms with Crippen molar-refractivity contribution < 1.29 is 9.84 Å². The summed E-state index contributed by atoms with van der Waals surface area (Å²) in [5, 5.41) is 9.58. The van der Waals surface area contributed by atoms with Crippen molar-refractivity contribution in [2.24, 2.45) is 0 Å². The van der Waals surface area contributed by atoms with Crippen LogP contribution in [0.5, 0.6) is 5.75 Å². The van der Waals surface area contributed by atoms with E-state index in [2.05, 4.69) is 31.9 Å². The van der Waals surface area contributed by atoms with Gasteiger partial charge >= 0.3 is 0 Å². The van der Waals surface area contributed by atoms with Crippen LogP contribution >= 0.6 is 15.9 Å². The van der Waals surface area contributed by atoms with E-state index in [-0.39, 0.29) is 11.9 Å². The van der Waals surface area contributed by atoms with Crippen molar-refractivity contribution in [3.63, 3.8) is 0 Å². The van der Waals surface area contributed by atoms with Crippen LogP contribution in [0.25, 0.3) is 0 Å². The van der Waals surface area contributed by atoms with Crippen molar-refractivity contribution >= 4 is 21.6 Å². The molecule has 4 nitrogen and oxygen atoms in total. The average molecular weight is 335 g/mol. The second-order valence-corrected chi connectivity index (χ2v) is 5.68. The molecule has 2 heterocycles. The van der Waals surface area contributed by atoms with E-state index < -0.39 is 0 Å². The van der Waals surface area contributed by atoms with Crippen LogP contribution in [0.4, 0.5) is 5.69 Å². The number of rotatable bonds is 2. The lowest BCUT2D eigenvalue weighted by molar-refractivity contribution is 0.0396. The second kappa shape index (κ2) is 5.81. The van der Waals surface area contributed by atoms with E-state index in [1.54, 1.807) is 18.3 Å². The van der Waals surface area contributed by atoms with Gasteiger partial charge in [-0.1, -0.05) is 12.1 Å². The fourth-order valence-electron chi connectivity index (χ4n) is 2.38. The first-order chi connectivity index (χ1) is 9.72. The molecule has 0 amide bonds. The lowest BCUT2D eigenvalue weighted by atomic mass is 10.1. The van der Waals surface area contributed by atoms with E-state index >= 15 is 0 Å². The number of nitrogens with zero attached hydrogens (tertiary/aromatic N) is 2. The monoisotopic (exact) mass is 334 g/mol. The molecule has 1 aliphatic heterocycles. The SMILES string of the molecule is Oc1cccc([C@@H]2CN(c3cncc(Br)c3)CCO2)c1. The lowest BCUT2D eigenvalue weighted by Gasteiger charge is -2.34. The van der Waals surface area contributed by atoms with Crippen molar-refractivity contribution in [2.75, 3.05) is 24.6 Å². The Labute approximate surface area is 126 Å². The van der Waals surface area contributed by atoms with Crippen LogP contribution in [0.3, 0.4) is 0 Å². The number of ether oxygens (including phenoxy) is 1. The van der Waals surface area contributed by atoms with Crippen molar-refractivity contribution in [1.29, 1.82) is 0 Å². The van der Waals surface area contributed by atoms with Crippen LogP contribution in [-0.4, -0.2) is 29.8 Å². The number of phenols is 1. The molecule has 1 atom stereocenters.